The zero-order chi connectivity index (χ0) is 43.1. The van der Waals surface area contributed by atoms with E-state index < -0.39 is 24.3 Å². The molecule has 2 unspecified atom stereocenters. The summed E-state index contributed by atoms with van der Waals surface area (Å²) in [4.78, 5) is 75.3. The van der Waals surface area contributed by atoms with Gasteiger partial charge in [-0.3, -0.25) is 9.59 Å². The van der Waals surface area contributed by atoms with Crippen molar-refractivity contribution in [2.24, 2.45) is 11.8 Å². The van der Waals surface area contributed by atoms with Gasteiger partial charge in [-0.25, -0.2) is 19.6 Å². The van der Waals surface area contributed by atoms with Crippen LogP contribution in [0.25, 0.3) is 44.7 Å². The van der Waals surface area contributed by atoms with E-state index in [1.807, 2.05) is 49.8 Å². The minimum absolute atomic E-state index is 0.120. The molecule has 0 saturated carbocycles. The summed E-state index contributed by atoms with van der Waals surface area (Å²) in [5, 5.41) is 6.48. The molecule has 8 rings (SSSR count). The molecular weight excluding hydrogens is 779 g/mol. The summed E-state index contributed by atoms with van der Waals surface area (Å²) in [6, 6.07) is 10.6. The van der Waals surface area contributed by atoms with Crippen LogP contribution in [0.4, 0.5) is 9.59 Å². The third-order valence-corrected chi connectivity index (χ3v) is 12.4. The Labute approximate surface area is 354 Å². The molecule has 0 spiro atoms. The molecule has 3 aliphatic rings. The Kier molecular flexibility index (Phi) is 11.5. The van der Waals surface area contributed by atoms with Crippen molar-refractivity contribution in [1.82, 2.24) is 45.4 Å². The van der Waals surface area contributed by atoms with Crippen molar-refractivity contribution in [3.63, 3.8) is 0 Å². The number of nitrogens with zero attached hydrogens (tertiary/aromatic N) is 4. The number of benzene rings is 2. The lowest BCUT2D eigenvalue weighted by Crippen LogP contribution is -2.51. The van der Waals surface area contributed by atoms with Crippen molar-refractivity contribution >= 4 is 34.9 Å². The summed E-state index contributed by atoms with van der Waals surface area (Å²) in [6.07, 6.45) is 6.09. The van der Waals surface area contributed by atoms with Gasteiger partial charge in [-0.15, -0.1) is 0 Å². The number of hydrogen-bond donors (Lipinski definition) is 5. The number of nitrogens with one attached hydrogen (secondary N) is 5. The number of fused-ring (bicyclic) bond motifs is 5. The summed E-state index contributed by atoms with van der Waals surface area (Å²) in [5.74, 6) is 1.63. The number of hydrogen-bond acceptors (Lipinski definition) is 9. The number of ether oxygens (including phenoxy) is 3. The van der Waals surface area contributed by atoms with Crippen LogP contribution in [0.2, 0.25) is 0 Å². The molecule has 2 fully saturated rings. The largest absolute Gasteiger partial charge is 0.485 e. The maximum absolute atomic E-state index is 13.7. The van der Waals surface area contributed by atoms with Gasteiger partial charge in [0, 0.05) is 46.2 Å². The number of H-pyrrole nitrogens is 3. The smallest absolute Gasteiger partial charge is 0.407 e. The maximum atomic E-state index is 13.7. The van der Waals surface area contributed by atoms with Crippen molar-refractivity contribution in [2.75, 3.05) is 27.3 Å². The third-order valence-electron chi connectivity index (χ3n) is 12.4. The molecule has 2 saturated heterocycles. The molecule has 5 atom stereocenters. The number of amides is 4. The molecule has 322 valence electrons. The first kappa shape index (κ1) is 41.4. The number of rotatable bonds is 11. The molecule has 6 heterocycles. The number of aromatic amines is 3. The minimum atomic E-state index is -0.708. The van der Waals surface area contributed by atoms with Gasteiger partial charge in [0.1, 0.15) is 35.6 Å². The average Bonchev–Trinajstić information content (AvgIpc) is 4.12. The highest BCUT2D eigenvalue weighted by atomic mass is 16.5. The fraction of sp³-hybridized carbons (Fsp3) is 0.467. The lowest BCUT2D eigenvalue weighted by atomic mass is 9.94. The number of alkyl carbamates (subject to hydrolysis) is 2. The summed E-state index contributed by atoms with van der Waals surface area (Å²) in [7, 11) is 2.58. The van der Waals surface area contributed by atoms with Crippen LogP contribution in [0.3, 0.4) is 0 Å². The van der Waals surface area contributed by atoms with Gasteiger partial charge in [-0.2, -0.15) is 0 Å². The average molecular weight is 834 g/mol. The topological polar surface area (TPSA) is 200 Å². The molecule has 16 heteroatoms. The number of carbonyl (C=O) groups is 4. The standard InChI is InChI=1S/C45H55N9O7/c1-8-34-36-28-19-25(30-21-46-40(49-30)32-11-9-17-53(32)42(55)37(23(2)3)51-44(57)59-6)14-16-29(28)48-39(36)27-15-13-26(20-35(27)61-34)31-22-47-41(50-31)33-12-10-18-54(33)43(56)38(24(4)5)52-45(58)60-7/h13-16,19-24,32-34,37-38,48H,8-12,17-18H2,1-7H3,(H,46,49)(H,47,50)(H,51,57)(H,52,58)/t32-,33-,34?,37?,38-/m0/s1. The fourth-order valence-corrected chi connectivity index (χ4v) is 9.11. The van der Waals surface area contributed by atoms with Crippen molar-refractivity contribution in [3.8, 4) is 39.5 Å². The zero-order valence-electron chi connectivity index (χ0n) is 35.8. The van der Waals surface area contributed by atoms with Gasteiger partial charge in [0.15, 0.2) is 0 Å². The SMILES string of the molecule is CCC1Oc2cc(-c3cnc([C@@H]4CCCN4C(=O)[C@@H](NC(=O)OC)C(C)C)[nH]3)ccc2-c2[nH]c3ccc(-c4cnc([C@@H]5CCCN5C(=O)C(NC(=O)OC)C(C)C)[nH]4)cc3c21. The first-order chi connectivity index (χ1) is 29.4. The van der Waals surface area contributed by atoms with Crippen LogP contribution < -0.4 is 15.4 Å². The van der Waals surface area contributed by atoms with Crippen LogP contribution in [0.15, 0.2) is 48.8 Å². The normalized spacial score (nSPS) is 19.4. The Morgan fingerprint density at radius 3 is 1.80 bits per heavy atom. The van der Waals surface area contributed by atoms with E-state index in [1.165, 1.54) is 14.2 Å². The third kappa shape index (κ3) is 7.79. The Morgan fingerprint density at radius 1 is 0.770 bits per heavy atom. The number of methoxy groups -OCH3 is 2. The summed E-state index contributed by atoms with van der Waals surface area (Å²) in [6.45, 7) is 10.9. The Hall–Kier alpha value is -6.32. The van der Waals surface area contributed by atoms with E-state index in [4.69, 9.17) is 24.2 Å². The van der Waals surface area contributed by atoms with E-state index in [-0.39, 0.29) is 41.8 Å². The lowest BCUT2D eigenvalue weighted by Gasteiger charge is -2.30. The molecule has 61 heavy (non-hydrogen) atoms. The lowest BCUT2D eigenvalue weighted by molar-refractivity contribution is -0.136. The van der Waals surface area contributed by atoms with Gasteiger partial charge < -0.3 is 49.6 Å². The highest BCUT2D eigenvalue weighted by Gasteiger charge is 2.39. The number of imidazole rings is 2. The predicted octanol–water partition coefficient (Wildman–Crippen LogP) is 7.55. The van der Waals surface area contributed by atoms with E-state index in [0.717, 1.165) is 88.1 Å². The van der Waals surface area contributed by atoms with Gasteiger partial charge in [0.05, 0.1) is 55.8 Å². The molecule has 2 aromatic carbocycles. The van der Waals surface area contributed by atoms with Crippen LogP contribution in [0, 0.1) is 11.8 Å². The molecule has 3 aromatic heterocycles. The minimum Gasteiger partial charge on any atom is -0.485 e. The van der Waals surface area contributed by atoms with Crippen molar-refractivity contribution in [3.05, 3.63) is 66.0 Å². The van der Waals surface area contributed by atoms with Crippen molar-refractivity contribution < 1.29 is 33.4 Å². The molecule has 0 radical (unpaired) electrons. The Bertz CT molecular complexity index is 2450. The van der Waals surface area contributed by atoms with Gasteiger partial charge in [0.2, 0.25) is 11.8 Å². The zero-order valence-corrected chi connectivity index (χ0v) is 35.8. The van der Waals surface area contributed by atoms with Crippen LogP contribution in [-0.2, 0) is 19.1 Å². The van der Waals surface area contributed by atoms with Crippen LogP contribution in [0.5, 0.6) is 5.75 Å². The van der Waals surface area contributed by atoms with Gasteiger partial charge in [0.25, 0.3) is 0 Å². The first-order valence-corrected chi connectivity index (χ1v) is 21.3. The van der Waals surface area contributed by atoms with E-state index in [2.05, 4.69) is 62.8 Å². The number of carbonyl (C=O) groups excluding carboxylic acids is 4. The molecule has 5 aromatic rings. The van der Waals surface area contributed by atoms with Crippen LogP contribution in [-0.4, -0.2) is 98.1 Å². The Balaban J connectivity index is 1.03. The summed E-state index contributed by atoms with van der Waals surface area (Å²) < 4.78 is 16.3. The van der Waals surface area contributed by atoms with E-state index in [1.54, 1.807) is 6.20 Å². The summed E-state index contributed by atoms with van der Waals surface area (Å²) >= 11 is 0. The molecule has 4 amide bonds. The van der Waals surface area contributed by atoms with E-state index in [0.29, 0.717) is 24.7 Å². The molecule has 0 bridgehead atoms. The summed E-state index contributed by atoms with van der Waals surface area (Å²) in [5.41, 5.74) is 7.60. The van der Waals surface area contributed by atoms with Gasteiger partial charge >= 0.3 is 12.2 Å². The van der Waals surface area contributed by atoms with Gasteiger partial charge in [-0.1, -0.05) is 46.8 Å². The van der Waals surface area contributed by atoms with E-state index in [9.17, 15) is 19.2 Å². The quantitative estimate of drug-likeness (QED) is 0.0892. The van der Waals surface area contributed by atoms with Crippen LogP contribution >= 0.6 is 0 Å². The second-order valence-corrected chi connectivity index (χ2v) is 16.9. The monoisotopic (exact) mass is 833 g/mol. The van der Waals surface area contributed by atoms with Gasteiger partial charge in [-0.05, 0) is 68.2 Å². The number of likely N-dealkylation sites (tertiary alicyclic amines) is 2. The molecule has 0 aliphatic carbocycles. The van der Waals surface area contributed by atoms with Crippen LogP contribution in [0.1, 0.15) is 102 Å². The van der Waals surface area contributed by atoms with Crippen molar-refractivity contribution in [2.45, 2.75) is 97.0 Å². The van der Waals surface area contributed by atoms with E-state index >= 15 is 0 Å². The Morgan fingerprint density at radius 2 is 1.30 bits per heavy atom. The van der Waals surface area contributed by atoms with Crippen molar-refractivity contribution in [1.29, 1.82) is 0 Å². The molecule has 16 nitrogen and oxygen atoms in total. The molecular formula is C45H55N9O7. The second kappa shape index (κ2) is 17.0. The number of aromatic nitrogens is 5. The first-order valence-electron chi connectivity index (χ1n) is 21.3. The second-order valence-electron chi connectivity index (χ2n) is 16.9. The highest BCUT2D eigenvalue weighted by Crippen LogP contribution is 2.48. The predicted molar refractivity (Wildman–Crippen MR) is 228 cm³/mol. The molecule has 5 N–H and O–H groups in total. The maximum Gasteiger partial charge on any atom is 0.407 e. The molecule has 3 aliphatic heterocycles. The fourth-order valence-electron chi connectivity index (χ4n) is 9.11. The highest BCUT2D eigenvalue weighted by molar-refractivity contribution is 5.96.